The number of rotatable bonds is 9. The standard InChI is InChI=1S/C29H35N5O5Si/c1-7-26(35)31-21-9-8-10-22(16-21)33-18-25(27(32-33)34(37)38)19-11-12-23-24(15-19)20(17-30-28(23)36)13-14-39-40(5,6)29(2,3)4/h7-12,15-16,18,20H,1,13-14,17H2,2-6H3,(H,30,36)(H,31,35). The molecule has 2 aromatic carbocycles. The van der Waals surface area contributed by atoms with Crippen LogP contribution in [0.25, 0.3) is 16.8 Å². The van der Waals surface area contributed by atoms with Crippen LogP contribution in [0, 0.1) is 10.1 Å². The van der Waals surface area contributed by atoms with Crippen molar-refractivity contribution in [2.24, 2.45) is 0 Å². The molecule has 0 aliphatic carbocycles. The minimum Gasteiger partial charge on any atom is -0.417 e. The Balaban J connectivity index is 1.66. The average molecular weight is 562 g/mol. The molecule has 210 valence electrons. The van der Waals surface area contributed by atoms with Gasteiger partial charge < -0.3 is 25.2 Å². The van der Waals surface area contributed by atoms with Crippen LogP contribution in [0.5, 0.6) is 0 Å². The molecule has 1 aromatic heterocycles. The monoisotopic (exact) mass is 561 g/mol. The molecule has 10 nitrogen and oxygen atoms in total. The van der Waals surface area contributed by atoms with Crippen LogP contribution in [0.4, 0.5) is 11.5 Å². The Hall–Kier alpha value is -4.09. The van der Waals surface area contributed by atoms with Gasteiger partial charge in [0.15, 0.2) is 8.32 Å². The second-order valence-electron chi connectivity index (χ2n) is 11.4. The van der Waals surface area contributed by atoms with Crippen molar-refractivity contribution in [2.45, 2.75) is 51.2 Å². The Bertz CT molecular complexity index is 1470. The Morgan fingerprint density at radius 1 is 1.27 bits per heavy atom. The van der Waals surface area contributed by atoms with Crippen LogP contribution >= 0.6 is 0 Å². The zero-order chi connectivity index (χ0) is 29.2. The van der Waals surface area contributed by atoms with Gasteiger partial charge in [0.2, 0.25) is 5.91 Å². The van der Waals surface area contributed by atoms with E-state index in [0.717, 1.165) is 11.6 Å². The van der Waals surface area contributed by atoms with Gasteiger partial charge in [0.05, 0.1) is 17.0 Å². The van der Waals surface area contributed by atoms with Crippen LogP contribution in [0.2, 0.25) is 18.1 Å². The normalized spacial score (nSPS) is 15.2. The summed E-state index contributed by atoms with van der Waals surface area (Å²) in [5.74, 6) is -0.825. The molecule has 1 aliphatic heterocycles. The fraction of sp³-hybridized carbons (Fsp3) is 0.345. The molecular weight excluding hydrogens is 526 g/mol. The Labute approximate surface area is 234 Å². The van der Waals surface area contributed by atoms with Crippen LogP contribution in [-0.2, 0) is 9.22 Å². The van der Waals surface area contributed by atoms with Gasteiger partial charge in [-0.15, -0.1) is 4.68 Å². The molecule has 0 fully saturated rings. The van der Waals surface area contributed by atoms with E-state index in [1.807, 2.05) is 6.07 Å². The van der Waals surface area contributed by atoms with Gasteiger partial charge in [-0.3, -0.25) is 9.59 Å². The zero-order valence-electron chi connectivity index (χ0n) is 23.5. The van der Waals surface area contributed by atoms with Gasteiger partial charge in [-0.25, -0.2) is 0 Å². The Morgan fingerprint density at radius 2 is 2.02 bits per heavy atom. The van der Waals surface area contributed by atoms with Gasteiger partial charge >= 0.3 is 5.82 Å². The number of carbonyl (C=O) groups is 2. The average Bonchev–Trinajstić information content (AvgIpc) is 3.35. The summed E-state index contributed by atoms with van der Waals surface area (Å²) >= 11 is 0. The lowest BCUT2D eigenvalue weighted by Crippen LogP contribution is -2.41. The molecule has 40 heavy (non-hydrogen) atoms. The summed E-state index contributed by atoms with van der Waals surface area (Å²) in [6.45, 7) is 15.5. The molecule has 0 radical (unpaired) electrons. The number of amides is 2. The molecule has 0 bridgehead atoms. The summed E-state index contributed by atoms with van der Waals surface area (Å²) in [7, 11) is -1.92. The van der Waals surface area contributed by atoms with Crippen molar-refractivity contribution in [3.63, 3.8) is 0 Å². The molecule has 2 N–H and O–H groups in total. The lowest BCUT2D eigenvalue weighted by Gasteiger charge is -2.37. The van der Waals surface area contributed by atoms with Crippen molar-refractivity contribution < 1.29 is 18.9 Å². The van der Waals surface area contributed by atoms with Crippen molar-refractivity contribution in [1.82, 2.24) is 15.1 Å². The fourth-order valence-electron chi connectivity index (χ4n) is 4.38. The maximum Gasteiger partial charge on any atom is 0.398 e. The third-order valence-corrected chi connectivity index (χ3v) is 12.3. The maximum atomic E-state index is 12.6. The molecule has 1 unspecified atom stereocenters. The van der Waals surface area contributed by atoms with Crippen molar-refractivity contribution in [3.8, 4) is 16.8 Å². The van der Waals surface area contributed by atoms with Gasteiger partial charge in [0.25, 0.3) is 5.91 Å². The quantitative estimate of drug-likeness (QED) is 0.147. The third-order valence-electron chi connectivity index (χ3n) is 7.72. The van der Waals surface area contributed by atoms with Gasteiger partial charge in [0.1, 0.15) is 5.56 Å². The van der Waals surface area contributed by atoms with E-state index in [-0.39, 0.29) is 28.6 Å². The number of fused-ring (bicyclic) bond motifs is 1. The fourth-order valence-corrected chi connectivity index (χ4v) is 5.44. The largest absolute Gasteiger partial charge is 0.417 e. The summed E-state index contributed by atoms with van der Waals surface area (Å²) < 4.78 is 7.80. The van der Waals surface area contributed by atoms with E-state index >= 15 is 0 Å². The number of nitrogens with one attached hydrogen (secondary N) is 2. The number of nitro groups is 1. The predicted molar refractivity (Wildman–Crippen MR) is 157 cm³/mol. The van der Waals surface area contributed by atoms with E-state index in [1.165, 1.54) is 4.68 Å². The molecule has 1 atom stereocenters. The first-order valence-corrected chi connectivity index (χ1v) is 16.1. The van der Waals surface area contributed by atoms with Gasteiger partial charge in [-0.1, -0.05) is 39.5 Å². The highest BCUT2D eigenvalue weighted by Gasteiger charge is 2.37. The highest BCUT2D eigenvalue weighted by molar-refractivity contribution is 6.74. The third kappa shape index (κ3) is 6.05. The van der Waals surface area contributed by atoms with E-state index in [9.17, 15) is 19.7 Å². The molecule has 0 saturated carbocycles. The van der Waals surface area contributed by atoms with Crippen LogP contribution in [0.3, 0.4) is 0 Å². The first-order valence-electron chi connectivity index (χ1n) is 13.1. The molecule has 2 heterocycles. The first-order chi connectivity index (χ1) is 18.8. The summed E-state index contributed by atoms with van der Waals surface area (Å²) in [4.78, 5) is 35.8. The van der Waals surface area contributed by atoms with Crippen LogP contribution < -0.4 is 10.6 Å². The number of benzene rings is 2. The minimum absolute atomic E-state index is 0.0108. The minimum atomic E-state index is -1.92. The molecule has 2 amide bonds. The Morgan fingerprint density at radius 3 is 2.70 bits per heavy atom. The number of hydrogen-bond donors (Lipinski definition) is 2. The van der Waals surface area contributed by atoms with Crippen molar-refractivity contribution in [1.29, 1.82) is 0 Å². The number of hydrogen-bond acceptors (Lipinski definition) is 6. The summed E-state index contributed by atoms with van der Waals surface area (Å²) in [6, 6.07) is 12.1. The predicted octanol–water partition coefficient (Wildman–Crippen LogP) is 5.81. The topological polar surface area (TPSA) is 128 Å². The smallest absolute Gasteiger partial charge is 0.398 e. The maximum absolute atomic E-state index is 12.6. The van der Waals surface area contributed by atoms with Gasteiger partial charge in [-0.2, -0.15) is 0 Å². The van der Waals surface area contributed by atoms with E-state index in [1.54, 1.807) is 42.6 Å². The summed E-state index contributed by atoms with van der Waals surface area (Å²) in [5.41, 5.74) is 3.37. The van der Waals surface area contributed by atoms with Crippen LogP contribution in [0.15, 0.2) is 61.3 Å². The highest BCUT2D eigenvalue weighted by Crippen LogP contribution is 2.38. The van der Waals surface area contributed by atoms with E-state index < -0.39 is 13.2 Å². The van der Waals surface area contributed by atoms with Gasteiger partial charge in [-0.05, 0) is 77.0 Å². The van der Waals surface area contributed by atoms with E-state index in [4.69, 9.17) is 4.43 Å². The number of anilines is 1. The second-order valence-corrected chi connectivity index (χ2v) is 16.2. The Kier molecular flexibility index (Phi) is 8.08. The molecular formula is C29H35N5O5Si. The SMILES string of the molecule is C=CC(=O)Nc1cccc(-n2cc(-c3ccc4c(c3)C(CCO[Si](C)(C)C(C)(C)C)CNC4=O)c([N+](=O)[O-])n2)c1. The van der Waals surface area contributed by atoms with Crippen molar-refractivity contribution in [2.75, 3.05) is 18.5 Å². The second kappa shape index (κ2) is 11.2. The molecule has 11 heteroatoms. The molecule has 0 spiro atoms. The molecule has 3 aromatic rings. The van der Waals surface area contributed by atoms with Gasteiger partial charge in [0, 0.05) is 30.3 Å². The first kappa shape index (κ1) is 28.9. The van der Waals surface area contributed by atoms with Crippen molar-refractivity contribution >= 4 is 31.6 Å². The van der Waals surface area contributed by atoms with Crippen LogP contribution in [0.1, 0.15) is 49.0 Å². The van der Waals surface area contributed by atoms with E-state index in [0.29, 0.717) is 47.6 Å². The summed E-state index contributed by atoms with van der Waals surface area (Å²) in [6.07, 6.45) is 3.47. The number of nitrogens with zero attached hydrogens (tertiary/aromatic N) is 3. The molecule has 1 aliphatic rings. The summed E-state index contributed by atoms with van der Waals surface area (Å²) in [5, 5.41) is 22.0. The lowest BCUT2D eigenvalue weighted by atomic mass is 9.86. The number of carbonyl (C=O) groups excluding carboxylic acids is 2. The van der Waals surface area contributed by atoms with Crippen molar-refractivity contribution in [3.05, 3.63) is 82.6 Å². The van der Waals surface area contributed by atoms with E-state index in [2.05, 4.69) is 56.2 Å². The highest BCUT2D eigenvalue weighted by atomic mass is 28.4. The van der Waals surface area contributed by atoms with Crippen LogP contribution in [-0.4, -0.2) is 48.0 Å². The lowest BCUT2D eigenvalue weighted by molar-refractivity contribution is -0.389. The molecule has 0 saturated heterocycles. The molecule has 4 rings (SSSR count). The number of aromatic nitrogens is 2. The zero-order valence-corrected chi connectivity index (χ0v) is 24.5.